The number of nitrogens with one attached hydrogen (secondary N) is 1. The summed E-state index contributed by atoms with van der Waals surface area (Å²) in [5.41, 5.74) is 0.424. The molecule has 26 heavy (non-hydrogen) atoms. The van der Waals surface area contributed by atoms with Crippen molar-refractivity contribution in [1.82, 2.24) is 10.2 Å². The van der Waals surface area contributed by atoms with Crippen molar-refractivity contribution in [3.05, 3.63) is 28.8 Å². The minimum absolute atomic E-state index is 0. The minimum Gasteiger partial charge on any atom is -0.399 e. The second kappa shape index (κ2) is 7.68. The molecule has 2 aliphatic heterocycles. The third-order valence-electron chi connectivity index (χ3n) is 5.63. The molecule has 5 nitrogen and oxygen atoms in total. The number of nitrogens with zero attached hydrogens (tertiary/aromatic N) is 1. The number of carbonyl (C=O) groups excluding carboxylic acids is 1. The van der Waals surface area contributed by atoms with Gasteiger partial charge in [0, 0.05) is 35.2 Å². The molecule has 0 bridgehead atoms. The summed E-state index contributed by atoms with van der Waals surface area (Å²) < 4.78 is 12.2. The largest absolute Gasteiger partial charge is 0.496 e. The normalized spacial score (nSPS) is 23.8. The molecule has 2 heterocycles. The Balaban J connectivity index is 0.00000243. The zero-order chi connectivity index (χ0) is 18.4. The van der Waals surface area contributed by atoms with E-state index >= 15 is 0 Å². The molecular weight excluding hydrogens is 374 g/mol. The van der Waals surface area contributed by atoms with Crippen LogP contribution in [0.5, 0.6) is 0 Å². The smallest absolute Gasteiger partial charge is 0.399 e. The van der Waals surface area contributed by atoms with Crippen molar-refractivity contribution in [3.8, 4) is 0 Å². The standard InChI is InChI=1S/C18H26BClN2O3.ClH/c1-17(2)18(3,4)25-19(24-17)14-10-12(6-7-15(14)20)16(23)22-9-8-13(11-22)21-5;/h6-7,10,13,21H,8-9,11H2,1-5H3;1H. The molecule has 1 amide bonds. The van der Waals surface area contributed by atoms with Crippen LogP contribution in [0.1, 0.15) is 44.5 Å². The molecule has 0 radical (unpaired) electrons. The van der Waals surface area contributed by atoms with E-state index in [1.54, 1.807) is 18.2 Å². The summed E-state index contributed by atoms with van der Waals surface area (Å²) in [6.45, 7) is 9.48. The van der Waals surface area contributed by atoms with E-state index in [1.165, 1.54) is 0 Å². The van der Waals surface area contributed by atoms with E-state index in [0.29, 0.717) is 22.1 Å². The minimum atomic E-state index is -0.575. The first-order valence-electron chi connectivity index (χ1n) is 8.76. The van der Waals surface area contributed by atoms with Crippen molar-refractivity contribution >= 4 is 42.5 Å². The quantitative estimate of drug-likeness (QED) is 0.792. The van der Waals surface area contributed by atoms with E-state index in [1.807, 2.05) is 39.6 Å². The van der Waals surface area contributed by atoms with Crippen molar-refractivity contribution in [2.75, 3.05) is 20.1 Å². The number of likely N-dealkylation sites (N-methyl/N-ethyl adjacent to an activating group) is 1. The molecule has 2 saturated heterocycles. The number of halogens is 2. The average molecular weight is 401 g/mol. The van der Waals surface area contributed by atoms with Crippen molar-refractivity contribution in [3.63, 3.8) is 0 Å². The van der Waals surface area contributed by atoms with Gasteiger partial charge in [0.1, 0.15) is 0 Å². The molecule has 0 aromatic heterocycles. The van der Waals surface area contributed by atoms with Gasteiger partial charge in [0.2, 0.25) is 0 Å². The van der Waals surface area contributed by atoms with E-state index in [9.17, 15) is 4.79 Å². The maximum Gasteiger partial charge on any atom is 0.496 e. The number of hydrogen-bond donors (Lipinski definition) is 1. The van der Waals surface area contributed by atoms with Crippen LogP contribution < -0.4 is 10.8 Å². The first-order chi connectivity index (χ1) is 11.6. The third kappa shape index (κ3) is 3.90. The summed E-state index contributed by atoms with van der Waals surface area (Å²) in [4.78, 5) is 14.7. The van der Waals surface area contributed by atoms with Gasteiger partial charge in [-0.1, -0.05) is 11.6 Å². The molecule has 1 atom stereocenters. The first kappa shape index (κ1) is 21.5. The third-order valence-corrected chi connectivity index (χ3v) is 5.98. The summed E-state index contributed by atoms with van der Waals surface area (Å²) in [7, 11) is 1.35. The summed E-state index contributed by atoms with van der Waals surface area (Å²) in [5, 5.41) is 3.77. The van der Waals surface area contributed by atoms with Gasteiger partial charge in [-0.05, 0) is 59.4 Å². The first-order valence-corrected chi connectivity index (χ1v) is 9.14. The van der Waals surface area contributed by atoms with Crippen LogP contribution in [0.2, 0.25) is 5.02 Å². The average Bonchev–Trinajstić information content (AvgIpc) is 3.09. The van der Waals surface area contributed by atoms with E-state index in [4.69, 9.17) is 20.9 Å². The number of benzene rings is 1. The van der Waals surface area contributed by atoms with Crippen molar-refractivity contribution in [1.29, 1.82) is 0 Å². The molecule has 144 valence electrons. The van der Waals surface area contributed by atoms with E-state index < -0.39 is 18.3 Å². The van der Waals surface area contributed by atoms with Crippen molar-refractivity contribution in [2.24, 2.45) is 0 Å². The predicted molar refractivity (Wildman–Crippen MR) is 108 cm³/mol. The monoisotopic (exact) mass is 400 g/mol. The van der Waals surface area contributed by atoms with Crippen LogP contribution in [0.3, 0.4) is 0 Å². The highest BCUT2D eigenvalue weighted by Crippen LogP contribution is 2.37. The summed E-state index contributed by atoms with van der Waals surface area (Å²) in [5.74, 6) is 0.0205. The Hall–Kier alpha value is -0.785. The van der Waals surface area contributed by atoms with Crippen LogP contribution in [0.15, 0.2) is 18.2 Å². The highest BCUT2D eigenvalue weighted by Gasteiger charge is 2.52. The Labute approximate surface area is 167 Å². The zero-order valence-corrected chi connectivity index (χ0v) is 17.5. The zero-order valence-electron chi connectivity index (χ0n) is 16.0. The van der Waals surface area contributed by atoms with E-state index in [2.05, 4.69) is 5.32 Å². The van der Waals surface area contributed by atoms with Gasteiger partial charge in [-0.15, -0.1) is 12.4 Å². The van der Waals surface area contributed by atoms with Gasteiger partial charge in [-0.2, -0.15) is 0 Å². The second-order valence-corrected chi connectivity index (χ2v) is 8.26. The number of carbonyl (C=O) groups is 1. The van der Waals surface area contributed by atoms with Crippen LogP contribution in [0.4, 0.5) is 0 Å². The van der Waals surface area contributed by atoms with Crippen LogP contribution in [0, 0.1) is 0 Å². The molecule has 0 spiro atoms. The topological polar surface area (TPSA) is 50.8 Å². The second-order valence-electron chi connectivity index (χ2n) is 7.85. The van der Waals surface area contributed by atoms with Gasteiger partial charge in [0.05, 0.1) is 11.2 Å². The number of rotatable bonds is 3. The summed E-state index contributed by atoms with van der Waals surface area (Å²) >= 11 is 6.38. The SMILES string of the molecule is CNC1CCN(C(=O)c2ccc(Cl)c(B3OC(C)(C)C(C)(C)O3)c2)C1.Cl. The molecule has 0 saturated carbocycles. The number of likely N-dealkylation sites (tertiary alicyclic amines) is 1. The fraction of sp³-hybridized carbons (Fsp3) is 0.611. The van der Waals surface area contributed by atoms with Gasteiger partial charge >= 0.3 is 7.12 Å². The van der Waals surface area contributed by atoms with E-state index in [-0.39, 0.29) is 18.3 Å². The molecule has 3 rings (SSSR count). The van der Waals surface area contributed by atoms with Gasteiger partial charge < -0.3 is 19.5 Å². The van der Waals surface area contributed by atoms with Crippen LogP contribution in [-0.4, -0.2) is 55.3 Å². The molecule has 0 aliphatic carbocycles. The van der Waals surface area contributed by atoms with Gasteiger partial charge in [-0.25, -0.2) is 0 Å². The van der Waals surface area contributed by atoms with Crippen molar-refractivity contribution < 1.29 is 14.1 Å². The lowest BCUT2D eigenvalue weighted by Gasteiger charge is -2.32. The summed E-state index contributed by atoms with van der Waals surface area (Å²) in [6, 6.07) is 5.69. The van der Waals surface area contributed by atoms with Crippen LogP contribution >= 0.6 is 24.0 Å². The molecule has 2 aliphatic rings. The Bertz CT molecular complexity index is 668. The Morgan fingerprint density at radius 2 is 1.88 bits per heavy atom. The maximum atomic E-state index is 12.8. The molecule has 1 unspecified atom stereocenters. The fourth-order valence-electron chi connectivity index (χ4n) is 3.19. The highest BCUT2D eigenvalue weighted by atomic mass is 35.5. The fourth-order valence-corrected chi connectivity index (χ4v) is 3.40. The van der Waals surface area contributed by atoms with Crippen LogP contribution in [0.25, 0.3) is 0 Å². The van der Waals surface area contributed by atoms with Gasteiger partial charge in [0.15, 0.2) is 0 Å². The van der Waals surface area contributed by atoms with Gasteiger partial charge in [-0.3, -0.25) is 4.79 Å². The molecule has 2 fully saturated rings. The van der Waals surface area contributed by atoms with Gasteiger partial charge in [0.25, 0.3) is 5.91 Å². The Morgan fingerprint density at radius 1 is 1.27 bits per heavy atom. The number of hydrogen-bond acceptors (Lipinski definition) is 4. The lowest BCUT2D eigenvalue weighted by Crippen LogP contribution is -2.41. The molecule has 1 aromatic rings. The molecule has 1 N–H and O–H groups in total. The Kier molecular flexibility index (Phi) is 6.36. The molecule has 1 aromatic carbocycles. The summed E-state index contributed by atoms with van der Waals surface area (Å²) in [6.07, 6.45) is 0.972. The predicted octanol–water partition coefficient (Wildman–Crippen LogP) is 2.49. The molecular formula is C18H27BCl2N2O3. The number of amides is 1. The highest BCUT2D eigenvalue weighted by molar-refractivity contribution is 6.65. The van der Waals surface area contributed by atoms with Crippen LogP contribution in [-0.2, 0) is 9.31 Å². The maximum absolute atomic E-state index is 12.8. The molecule has 8 heteroatoms. The lowest BCUT2D eigenvalue weighted by molar-refractivity contribution is 0.00578. The lowest BCUT2D eigenvalue weighted by atomic mass is 9.78. The van der Waals surface area contributed by atoms with E-state index in [0.717, 1.165) is 19.5 Å². The Morgan fingerprint density at radius 3 is 2.42 bits per heavy atom. The van der Waals surface area contributed by atoms with Crippen molar-refractivity contribution in [2.45, 2.75) is 51.4 Å².